The number of rotatable bonds is 3. The van der Waals surface area contributed by atoms with Gasteiger partial charge in [0.2, 0.25) is 5.88 Å². The zero-order valence-corrected chi connectivity index (χ0v) is 13.1. The van der Waals surface area contributed by atoms with Crippen LogP contribution < -0.4 is 4.74 Å². The number of hydrogen-bond acceptors (Lipinski definition) is 5. The van der Waals surface area contributed by atoms with Crippen molar-refractivity contribution in [2.75, 3.05) is 26.2 Å². The van der Waals surface area contributed by atoms with Gasteiger partial charge in [0, 0.05) is 24.2 Å². The lowest BCUT2D eigenvalue weighted by atomic mass is 9.77. The SMILES string of the molecule is CCOc1cccc(C2CN3CCC2CC3)n1.O=C(O)C(=O)O. The molecule has 0 saturated carbocycles. The average molecular weight is 322 g/mol. The van der Waals surface area contributed by atoms with E-state index >= 15 is 0 Å². The molecule has 2 bridgehead atoms. The van der Waals surface area contributed by atoms with E-state index in [1.165, 1.54) is 38.2 Å². The predicted octanol–water partition coefficient (Wildman–Crippen LogP) is 1.45. The molecule has 3 aliphatic rings. The van der Waals surface area contributed by atoms with Gasteiger partial charge in [-0.05, 0) is 44.8 Å². The van der Waals surface area contributed by atoms with Gasteiger partial charge in [-0.1, -0.05) is 6.07 Å². The van der Waals surface area contributed by atoms with E-state index in [9.17, 15) is 0 Å². The lowest BCUT2D eigenvalue weighted by Gasteiger charge is -2.44. The highest BCUT2D eigenvalue weighted by molar-refractivity contribution is 6.27. The van der Waals surface area contributed by atoms with Gasteiger partial charge in [0.15, 0.2) is 0 Å². The molecule has 3 aliphatic heterocycles. The summed E-state index contributed by atoms with van der Waals surface area (Å²) in [7, 11) is 0. The fourth-order valence-corrected chi connectivity index (χ4v) is 3.17. The van der Waals surface area contributed by atoms with Crippen LogP contribution in [0.25, 0.3) is 0 Å². The minimum absolute atomic E-state index is 0.623. The molecule has 7 heteroatoms. The molecule has 2 N–H and O–H groups in total. The van der Waals surface area contributed by atoms with Crippen LogP contribution in [0.15, 0.2) is 18.2 Å². The summed E-state index contributed by atoms with van der Waals surface area (Å²) in [5.74, 6) is -1.41. The number of nitrogens with zero attached hydrogens (tertiary/aromatic N) is 2. The number of aliphatic carboxylic acids is 2. The standard InChI is InChI=1S/C14H20N2O.C2H2O4/c1-2-17-14-5-3-4-13(15-14)12-10-16-8-6-11(12)7-9-16;3-1(4)2(5)6/h3-5,11-12H,2,6-10H2,1H3;(H,3,4)(H,5,6). The maximum absolute atomic E-state index is 9.10. The lowest BCUT2D eigenvalue weighted by molar-refractivity contribution is -0.159. The molecule has 1 unspecified atom stereocenters. The third-order valence-corrected chi connectivity index (χ3v) is 4.26. The Morgan fingerprint density at radius 2 is 1.91 bits per heavy atom. The fraction of sp³-hybridized carbons (Fsp3) is 0.562. The molecule has 1 atom stereocenters. The number of carboxylic acids is 2. The van der Waals surface area contributed by atoms with Crippen LogP contribution in [-0.4, -0.2) is 58.3 Å². The van der Waals surface area contributed by atoms with Gasteiger partial charge in [-0.15, -0.1) is 0 Å². The van der Waals surface area contributed by atoms with E-state index < -0.39 is 11.9 Å². The molecule has 23 heavy (non-hydrogen) atoms. The van der Waals surface area contributed by atoms with Gasteiger partial charge in [0.1, 0.15) is 0 Å². The van der Waals surface area contributed by atoms with Crippen LogP contribution in [0.1, 0.15) is 31.4 Å². The van der Waals surface area contributed by atoms with Gasteiger partial charge in [-0.2, -0.15) is 0 Å². The second-order valence-corrected chi connectivity index (χ2v) is 5.69. The summed E-state index contributed by atoms with van der Waals surface area (Å²) in [6, 6.07) is 6.19. The zero-order valence-electron chi connectivity index (χ0n) is 13.1. The van der Waals surface area contributed by atoms with E-state index in [0.29, 0.717) is 12.5 Å². The summed E-state index contributed by atoms with van der Waals surface area (Å²) < 4.78 is 5.49. The van der Waals surface area contributed by atoms with Crippen molar-refractivity contribution >= 4 is 11.9 Å². The Balaban J connectivity index is 0.000000277. The lowest BCUT2D eigenvalue weighted by Crippen LogP contribution is -2.46. The highest BCUT2D eigenvalue weighted by Gasteiger charge is 2.35. The first-order chi connectivity index (χ1) is 11.0. The normalized spacial score (nSPS) is 25.2. The minimum atomic E-state index is -1.82. The van der Waals surface area contributed by atoms with E-state index in [2.05, 4.69) is 22.0 Å². The van der Waals surface area contributed by atoms with E-state index in [-0.39, 0.29) is 0 Å². The third-order valence-electron chi connectivity index (χ3n) is 4.26. The number of pyridine rings is 1. The predicted molar refractivity (Wildman–Crippen MR) is 82.6 cm³/mol. The first kappa shape index (κ1) is 17.2. The van der Waals surface area contributed by atoms with E-state index in [0.717, 1.165) is 11.8 Å². The van der Waals surface area contributed by atoms with Crippen LogP contribution in [0.3, 0.4) is 0 Å². The first-order valence-corrected chi connectivity index (χ1v) is 7.79. The number of hydrogen-bond donors (Lipinski definition) is 2. The van der Waals surface area contributed by atoms with Crippen LogP contribution in [-0.2, 0) is 9.59 Å². The van der Waals surface area contributed by atoms with Crippen molar-refractivity contribution in [1.82, 2.24) is 9.88 Å². The number of fused-ring (bicyclic) bond motifs is 3. The molecule has 1 aromatic rings. The number of carboxylic acid groups (broad SMARTS) is 2. The smallest absolute Gasteiger partial charge is 0.414 e. The molecule has 3 saturated heterocycles. The van der Waals surface area contributed by atoms with Crippen molar-refractivity contribution in [2.24, 2.45) is 5.92 Å². The molecule has 126 valence electrons. The van der Waals surface area contributed by atoms with Gasteiger partial charge < -0.3 is 19.8 Å². The van der Waals surface area contributed by atoms with Crippen LogP contribution in [0.5, 0.6) is 5.88 Å². The van der Waals surface area contributed by atoms with Crippen molar-refractivity contribution in [1.29, 1.82) is 0 Å². The Hall–Kier alpha value is -2.15. The Bertz CT molecular complexity index is 543. The summed E-state index contributed by atoms with van der Waals surface area (Å²) in [6.07, 6.45) is 2.68. The number of piperidine rings is 3. The number of ether oxygens (including phenoxy) is 1. The molecule has 4 heterocycles. The molecule has 0 spiro atoms. The molecular formula is C16H22N2O5. The number of carbonyl (C=O) groups is 2. The van der Waals surface area contributed by atoms with Crippen molar-refractivity contribution < 1.29 is 24.5 Å². The molecule has 0 aliphatic carbocycles. The van der Waals surface area contributed by atoms with Crippen molar-refractivity contribution in [3.05, 3.63) is 23.9 Å². The van der Waals surface area contributed by atoms with Crippen LogP contribution >= 0.6 is 0 Å². The second kappa shape index (κ2) is 7.92. The van der Waals surface area contributed by atoms with Crippen LogP contribution in [0, 0.1) is 5.92 Å². The van der Waals surface area contributed by atoms with Crippen molar-refractivity contribution in [3.8, 4) is 5.88 Å². The Morgan fingerprint density at radius 3 is 2.39 bits per heavy atom. The van der Waals surface area contributed by atoms with Gasteiger partial charge in [-0.25, -0.2) is 14.6 Å². The van der Waals surface area contributed by atoms with Crippen LogP contribution in [0.2, 0.25) is 0 Å². The Morgan fingerprint density at radius 1 is 1.26 bits per heavy atom. The molecule has 3 fully saturated rings. The minimum Gasteiger partial charge on any atom is -0.478 e. The summed E-state index contributed by atoms with van der Waals surface area (Å²) in [5, 5.41) is 14.8. The summed E-state index contributed by atoms with van der Waals surface area (Å²) in [4.78, 5) is 25.4. The molecule has 0 aromatic carbocycles. The fourth-order valence-electron chi connectivity index (χ4n) is 3.17. The molecule has 7 nitrogen and oxygen atoms in total. The van der Waals surface area contributed by atoms with Crippen LogP contribution in [0.4, 0.5) is 0 Å². The van der Waals surface area contributed by atoms with E-state index in [4.69, 9.17) is 24.5 Å². The molecule has 0 radical (unpaired) electrons. The van der Waals surface area contributed by atoms with Gasteiger partial charge in [0.25, 0.3) is 0 Å². The monoisotopic (exact) mass is 322 g/mol. The molecule has 4 rings (SSSR count). The Labute approximate surface area is 134 Å². The maximum atomic E-state index is 9.10. The first-order valence-electron chi connectivity index (χ1n) is 7.79. The molecular weight excluding hydrogens is 300 g/mol. The third kappa shape index (κ3) is 4.66. The average Bonchev–Trinajstić information content (AvgIpc) is 2.57. The second-order valence-electron chi connectivity index (χ2n) is 5.69. The molecule has 1 aromatic heterocycles. The van der Waals surface area contributed by atoms with Gasteiger partial charge in [0.05, 0.1) is 6.61 Å². The molecule has 0 amide bonds. The topological polar surface area (TPSA) is 100.0 Å². The summed E-state index contributed by atoms with van der Waals surface area (Å²) in [5.41, 5.74) is 1.23. The highest BCUT2D eigenvalue weighted by Crippen LogP contribution is 2.38. The highest BCUT2D eigenvalue weighted by atomic mass is 16.5. The zero-order chi connectivity index (χ0) is 16.8. The number of aromatic nitrogens is 1. The van der Waals surface area contributed by atoms with Gasteiger partial charge in [-0.3, -0.25) is 0 Å². The largest absolute Gasteiger partial charge is 0.478 e. The van der Waals surface area contributed by atoms with E-state index in [1.807, 2.05) is 13.0 Å². The quantitative estimate of drug-likeness (QED) is 0.812. The Kier molecular flexibility index (Phi) is 5.92. The van der Waals surface area contributed by atoms with Crippen molar-refractivity contribution in [3.63, 3.8) is 0 Å². The van der Waals surface area contributed by atoms with Gasteiger partial charge >= 0.3 is 11.9 Å². The van der Waals surface area contributed by atoms with E-state index in [1.54, 1.807) is 0 Å². The van der Waals surface area contributed by atoms with Crippen molar-refractivity contribution in [2.45, 2.75) is 25.7 Å². The maximum Gasteiger partial charge on any atom is 0.414 e. The summed E-state index contributed by atoms with van der Waals surface area (Å²) >= 11 is 0. The summed E-state index contributed by atoms with van der Waals surface area (Å²) in [6.45, 7) is 6.45.